The maximum Gasteiger partial charge on any atom is 0.312 e. The first-order valence-corrected chi connectivity index (χ1v) is 5.88. The molecule has 6 nitrogen and oxygen atoms in total. The van der Waals surface area contributed by atoms with E-state index < -0.39 is 6.03 Å². The Kier molecular flexibility index (Phi) is 4.25. The lowest BCUT2D eigenvalue weighted by molar-refractivity contribution is 0.171. The summed E-state index contributed by atoms with van der Waals surface area (Å²) in [5, 5.41) is 5.71. The average Bonchev–Trinajstić information content (AvgIpc) is 2.38. The second kappa shape index (κ2) is 6.11. The fourth-order valence-corrected chi connectivity index (χ4v) is 1.70. The number of primary amides is 1. The van der Waals surface area contributed by atoms with Gasteiger partial charge in [-0.3, -0.25) is 0 Å². The molecule has 0 aliphatic carbocycles. The predicted octanol–water partition coefficient (Wildman–Crippen LogP) is 0.216. The molecule has 1 aliphatic rings. The van der Waals surface area contributed by atoms with Crippen molar-refractivity contribution in [2.45, 2.75) is 6.54 Å². The Bertz CT molecular complexity index is 423. The monoisotopic (exact) mass is 251 g/mol. The van der Waals surface area contributed by atoms with Gasteiger partial charge in [0.1, 0.15) is 13.2 Å². The third-order valence-electron chi connectivity index (χ3n) is 2.54. The van der Waals surface area contributed by atoms with E-state index in [2.05, 4.69) is 10.6 Å². The van der Waals surface area contributed by atoms with Crippen molar-refractivity contribution >= 4 is 6.03 Å². The number of ether oxygens (including phenoxy) is 2. The second-order valence-corrected chi connectivity index (χ2v) is 3.95. The van der Waals surface area contributed by atoms with Gasteiger partial charge in [-0.1, -0.05) is 6.07 Å². The van der Waals surface area contributed by atoms with E-state index in [4.69, 9.17) is 15.2 Å². The zero-order valence-corrected chi connectivity index (χ0v) is 10.1. The number of carbonyl (C=O) groups excluding carboxylic acids is 1. The lowest BCUT2D eigenvalue weighted by atomic mass is 10.2. The van der Waals surface area contributed by atoms with Crippen LogP contribution in [0.2, 0.25) is 0 Å². The molecule has 2 rings (SSSR count). The molecule has 4 N–H and O–H groups in total. The molecular formula is C12H17N3O3. The Morgan fingerprint density at radius 1 is 1.22 bits per heavy atom. The van der Waals surface area contributed by atoms with Gasteiger partial charge in [-0.2, -0.15) is 0 Å². The minimum atomic E-state index is -0.504. The van der Waals surface area contributed by atoms with E-state index in [-0.39, 0.29) is 0 Å². The van der Waals surface area contributed by atoms with Crippen LogP contribution in [0.5, 0.6) is 11.5 Å². The molecule has 1 heterocycles. The van der Waals surface area contributed by atoms with Gasteiger partial charge >= 0.3 is 6.03 Å². The van der Waals surface area contributed by atoms with Gasteiger partial charge in [0.25, 0.3) is 0 Å². The van der Waals surface area contributed by atoms with Gasteiger partial charge < -0.3 is 25.8 Å². The highest BCUT2D eigenvalue weighted by Gasteiger charge is 2.11. The van der Waals surface area contributed by atoms with Crippen LogP contribution in [0.15, 0.2) is 18.2 Å². The molecule has 1 aromatic carbocycles. The van der Waals surface area contributed by atoms with Gasteiger partial charge in [0.05, 0.1) is 0 Å². The molecule has 2 amide bonds. The molecule has 18 heavy (non-hydrogen) atoms. The first kappa shape index (κ1) is 12.5. The van der Waals surface area contributed by atoms with Crippen molar-refractivity contribution in [1.82, 2.24) is 10.6 Å². The summed E-state index contributed by atoms with van der Waals surface area (Å²) in [6.45, 7) is 3.07. The van der Waals surface area contributed by atoms with E-state index in [1.165, 1.54) is 0 Å². The highest BCUT2D eigenvalue weighted by molar-refractivity contribution is 5.71. The van der Waals surface area contributed by atoms with E-state index in [0.717, 1.165) is 17.1 Å². The summed E-state index contributed by atoms with van der Waals surface area (Å²) < 4.78 is 10.9. The first-order valence-electron chi connectivity index (χ1n) is 5.88. The Hall–Kier alpha value is -1.95. The van der Waals surface area contributed by atoms with Crippen LogP contribution in [0.4, 0.5) is 4.79 Å². The molecule has 0 radical (unpaired) electrons. The quantitative estimate of drug-likeness (QED) is 0.653. The summed E-state index contributed by atoms with van der Waals surface area (Å²) in [5.74, 6) is 1.58. The zero-order chi connectivity index (χ0) is 12.8. The van der Waals surface area contributed by atoms with Crippen molar-refractivity contribution in [2.24, 2.45) is 5.73 Å². The van der Waals surface area contributed by atoms with Gasteiger partial charge in [0.2, 0.25) is 0 Å². The average molecular weight is 251 g/mol. The van der Waals surface area contributed by atoms with Crippen LogP contribution in [0.3, 0.4) is 0 Å². The minimum Gasteiger partial charge on any atom is -0.486 e. The number of hydrogen-bond donors (Lipinski definition) is 3. The van der Waals surface area contributed by atoms with Crippen LogP contribution in [-0.2, 0) is 6.54 Å². The normalized spacial score (nSPS) is 13.1. The van der Waals surface area contributed by atoms with E-state index in [0.29, 0.717) is 32.8 Å². The van der Waals surface area contributed by atoms with E-state index >= 15 is 0 Å². The zero-order valence-electron chi connectivity index (χ0n) is 10.1. The van der Waals surface area contributed by atoms with Crippen molar-refractivity contribution in [3.05, 3.63) is 23.8 Å². The Morgan fingerprint density at radius 3 is 2.78 bits per heavy atom. The van der Waals surface area contributed by atoms with Crippen molar-refractivity contribution < 1.29 is 14.3 Å². The topological polar surface area (TPSA) is 85.6 Å². The van der Waals surface area contributed by atoms with Crippen molar-refractivity contribution in [2.75, 3.05) is 26.3 Å². The largest absolute Gasteiger partial charge is 0.486 e. The van der Waals surface area contributed by atoms with Crippen LogP contribution in [0.25, 0.3) is 0 Å². The highest BCUT2D eigenvalue weighted by Crippen LogP contribution is 2.30. The van der Waals surface area contributed by atoms with Crippen LogP contribution < -0.4 is 25.8 Å². The Balaban J connectivity index is 1.77. The maximum absolute atomic E-state index is 10.4. The standard InChI is InChI=1S/C12H17N3O3/c13-12(16)15-4-3-14-8-9-1-2-10-11(7-9)18-6-5-17-10/h1-2,7,14H,3-6,8H2,(H3,13,15,16). The predicted molar refractivity (Wildman–Crippen MR) is 66.7 cm³/mol. The molecule has 6 heteroatoms. The molecule has 0 atom stereocenters. The van der Waals surface area contributed by atoms with Crippen LogP contribution in [0, 0.1) is 0 Å². The summed E-state index contributed by atoms with van der Waals surface area (Å²) in [6.07, 6.45) is 0. The number of carbonyl (C=O) groups is 1. The second-order valence-electron chi connectivity index (χ2n) is 3.95. The van der Waals surface area contributed by atoms with Crippen LogP contribution in [0.1, 0.15) is 5.56 Å². The molecule has 0 bridgehead atoms. The number of hydrogen-bond acceptors (Lipinski definition) is 4. The molecule has 1 aliphatic heterocycles. The van der Waals surface area contributed by atoms with Gasteiger partial charge in [0.15, 0.2) is 11.5 Å². The number of nitrogens with one attached hydrogen (secondary N) is 2. The lowest BCUT2D eigenvalue weighted by Crippen LogP contribution is -2.35. The Morgan fingerprint density at radius 2 is 2.00 bits per heavy atom. The molecule has 0 unspecified atom stereocenters. The number of rotatable bonds is 5. The third-order valence-corrected chi connectivity index (χ3v) is 2.54. The molecule has 98 valence electrons. The number of urea groups is 1. The minimum absolute atomic E-state index is 0.504. The summed E-state index contributed by atoms with van der Waals surface area (Å²) in [4.78, 5) is 10.4. The molecule has 0 aromatic heterocycles. The molecule has 0 saturated heterocycles. The molecule has 1 aromatic rings. The van der Waals surface area contributed by atoms with E-state index in [9.17, 15) is 4.79 Å². The molecular weight excluding hydrogens is 234 g/mol. The number of nitrogens with two attached hydrogens (primary N) is 1. The van der Waals surface area contributed by atoms with Gasteiger partial charge in [-0.05, 0) is 17.7 Å². The highest BCUT2D eigenvalue weighted by atomic mass is 16.6. The smallest absolute Gasteiger partial charge is 0.312 e. The van der Waals surface area contributed by atoms with Gasteiger partial charge in [-0.15, -0.1) is 0 Å². The number of fused-ring (bicyclic) bond motifs is 1. The van der Waals surface area contributed by atoms with E-state index in [1.807, 2.05) is 18.2 Å². The fourth-order valence-electron chi connectivity index (χ4n) is 1.70. The maximum atomic E-state index is 10.4. The molecule has 0 saturated carbocycles. The van der Waals surface area contributed by atoms with Crippen molar-refractivity contribution in [3.63, 3.8) is 0 Å². The summed E-state index contributed by atoms with van der Waals surface area (Å²) in [6, 6.07) is 5.36. The van der Waals surface area contributed by atoms with E-state index in [1.54, 1.807) is 0 Å². The Labute approximate surface area is 105 Å². The fraction of sp³-hybridized carbons (Fsp3) is 0.417. The molecule has 0 spiro atoms. The van der Waals surface area contributed by atoms with Crippen LogP contribution in [-0.4, -0.2) is 32.3 Å². The van der Waals surface area contributed by atoms with Crippen molar-refractivity contribution in [3.8, 4) is 11.5 Å². The SMILES string of the molecule is NC(=O)NCCNCc1ccc2c(c1)OCCO2. The summed E-state index contributed by atoms with van der Waals surface area (Å²) >= 11 is 0. The summed E-state index contributed by atoms with van der Waals surface area (Å²) in [7, 11) is 0. The third kappa shape index (κ3) is 3.53. The summed E-state index contributed by atoms with van der Waals surface area (Å²) in [5.41, 5.74) is 6.06. The van der Waals surface area contributed by atoms with Gasteiger partial charge in [0, 0.05) is 19.6 Å². The van der Waals surface area contributed by atoms with Crippen molar-refractivity contribution in [1.29, 1.82) is 0 Å². The lowest BCUT2D eigenvalue weighted by Gasteiger charge is -2.19. The number of benzene rings is 1. The van der Waals surface area contributed by atoms with Crippen LogP contribution >= 0.6 is 0 Å². The number of amides is 2. The first-order chi connectivity index (χ1) is 8.75. The molecule has 0 fully saturated rings. The van der Waals surface area contributed by atoms with Gasteiger partial charge in [-0.25, -0.2) is 4.79 Å².